The molecule has 2 N–H and O–H groups in total. The second kappa shape index (κ2) is 7.65. The van der Waals surface area contributed by atoms with Gasteiger partial charge in [0.25, 0.3) is 5.91 Å². The Labute approximate surface area is 147 Å². The second-order valence-corrected chi connectivity index (χ2v) is 6.56. The molecule has 2 heterocycles. The number of hydrogen-bond acceptors (Lipinski definition) is 5. The highest BCUT2D eigenvalue weighted by molar-refractivity contribution is 6.40. The summed E-state index contributed by atoms with van der Waals surface area (Å²) in [6, 6.07) is 8.69. The third-order valence-electron chi connectivity index (χ3n) is 4.71. The van der Waals surface area contributed by atoms with Crippen molar-refractivity contribution in [1.29, 1.82) is 0 Å². The van der Waals surface area contributed by atoms with Crippen molar-refractivity contribution in [2.45, 2.75) is 25.3 Å². The van der Waals surface area contributed by atoms with Crippen LogP contribution in [0.2, 0.25) is 0 Å². The monoisotopic (exact) mass is 344 g/mol. The van der Waals surface area contributed by atoms with E-state index in [1.165, 1.54) is 0 Å². The first-order chi connectivity index (χ1) is 12.1. The fourth-order valence-electron chi connectivity index (χ4n) is 3.48. The number of carbonyl (C=O) groups is 2. The van der Waals surface area contributed by atoms with Crippen molar-refractivity contribution in [3.63, 3.8) is 0 Å². The lowest BCUT2D eigenvalue weighted by Gasteiger charge is -2.32. The van der Waals surface area contributed by atoms with E-state index in [1.807, 2.05) is 35.2 Å². The highest BCUT2D eigenvalue weighted by Gasteiger charge is 2.37. The normalized spacial score (nSPS) is 23.5. The summed E-state index contributed by atoms with van der Waals surface area (Å²) in [5, 5.41) is 6.00. The third kappa shape index (κ3) is 3.82. The molecular weight excluding hydrogens is 320 g/mol. The van der Waals surface area contributed by atoms with Crippen LogP contribution in [0, 0.1) is 5.92 Å². The van der Waals surface area contributed by atoms with E-state index in [0.717, 1.165) is 18.5 Å². The standard InChI is InChI=1S/C18H24N4O3/c1-25-12-13-6-5-9-21(11-13)18(24)15-10-16(17(19)23)22(20-15)14-7-3-2-4-8-14/h2-4,7-8,13,16H,5-6,9-12H2,1H3,(H2,19,23)/t13-,16-/m1/s1. The van der Waals surface area contributed by atoms with E-state index in [2.05, 4.69) is 5.10 Å². The van der Waals surface area contributed by atoms with E-state index in [0.29, 0.717) is 31.3 Å². The van der Waals surface area contributed by atoms with Crippen LogP contribution in [0.3, 0.4) is 0 Å². The number of likely N-dealkylation sites (tertiary alicyclic amines) is 1. The van der Waals surface area contributed by atoms with Crippen LogP contribution in [0.25, 0.3) is 0 Å². The number of rotatable bonds is 5. The van der Waals surface area contributed by atoms with Crippen molar-refractivity contribution < 1.29 is 14.3 Å². The maximum atomic E-state index is 12.9. The lowest BCUT2D eigenvalue weighted by Crippen LogP contribution is -2.44. The zero-order valence-electron chi connectivity index (χ0n) is 14.4. The van der Waals surface area contributed by atoms with Gasteiger partial charge < -0.3 is 15.4 Å². The Kier molecular flexibility index (Phi) is 5.33. The number of nitrogens with zero attached hydrogens (tertiary/aromatic N) is 3. The molecule has 2 atom stereocenters. The van der Waals surface area contributed by atoms with Crippen molar-refractivity contribution in [3.8, 4) is 0 Å². The summed E-state index contributed by atoms with van der Waals surface area (Å²) >= 11 is 0. The van der Waals surface area contributed by atoms with E-state index >= 15 is 0 Å². The van der Waals surface area contributed by atoms with Crippen LogP contribution < -0.4 is 10.7 Å². The number of benzene rings is 1. The topological polar surface area (TPSA) is 88.2 Å². The molecule has 134 valence electrons. The number of hydrogen-bond donors (Lipinski definition) is 1. The maximum absolute atomic E-state index is 12.9. The number of amides is 2. The predicted octanol–water partition coefficient (Wildman–Crippen LogP) is 0.992. The molecule has 2 aliphatic heterocycles. The molecule has 1 aromatic carbocycles. The van der Waals surface area contributed by atoms with Crippen molar-refractivity contribution in [2.75, 3.05) is 31.8 Å². The summed E-state index contributed by atoms with van der Waals surface area (Å²) in [4.78, 5) is 26.5. The number of nitrogens with two attached hydrogens (primary N) is 1. The molecule has 0 radical (unpaired) electrons. The number of anilines is 1. The van der Waals surface area contributed by atoms with Crippen LogP contribution in [0.1, 0.15) is 19.3 Å². The van der Waals surface area contributed by atoms with Gasteiger partial charge in [0.15, 0.2) is 0 Å². The van der Waals surface area contributed by atoms with Crippen LogP contribution in [-0.2, 0) is 14.3 Å². The Hall–Kier alpha value is -2.41. The minimum atomic E-state index is -0.624. The van der Waals surface area contributed by atoms with Crippen molar-refractivity contribution >= 4 is 23.2 Å². The van der Waals surface area contributed by atoms with Gasteiger partial charge in [-0.05, 0) is 30.9 Å². The Morgan fingerprint density at radius 2 is 2.08 bits per heavy atom. The SMILES string of the molecule is COC[C@@H]1CCCN(C(=O)C2=NN(c3ccccc3)[C@@H](C(N)=O)C2)C1. The van der Waals surface area contributed by atoms with Crippen LogP contribution >= 0.6 is 0 Å². The number of para-hydroxylation sites is 1. The summed E-state index contributed by atoms with van der Waals surface area (Å²) in [5.41, 5.74) is 6.68. The van der Waals surface area contributed by atoms with Gasteiger partial charge in [0.1, 0.15) is 11.8 Å². The Morgan fingerprint density at radius 3 is 2.76 bits per heavy atom. The molecular formula is C18H24N4O3. The highest BCUT2D eigenvalue weighted by Crippen LogP contribution is 2.26. The van der Waals surface area contributed by atoms with Crippen LogP contribution in [0.15, 0.2) is 35.4 Å². The molecule has 0 aliphatic carbocycles. The van der Waals surface area contributed by atoms with Gasteiger partial charge in [-0.25, -0.2) is 0 Å². The fourth-order valence-corrected chi connectivity index (χ4v) is 3.48. The van der Waals surface area contributed by atoms with Crippen molar-refractivity contribution in [1.82, 2.24) is 4.90 Å². The van der Waals surface area contributed by atoms with Crippen LogP contribution in [0.5, 0.6) is 0 Å². The highest BCUT2D eigenvalue weighted by atomic mass is 16.5. The molecule has 0 aromatic heterocycles. The molecule has 1 aromatic rings. The molecule has 0 spiro atoms. The van der Waals surface area contributed by atoms with Gasteiger partial charge in [-0.1, -0.05) is 18.2 Å². The average molecular weight is 344 g/mol. The quantitative estimate of drug-likeness (QED) is 0.863. The summed E-state index contributed by atoms with van der Waals surface area (Å²) < 4.78 is 5.22. The van der Waals surface area contributed by atoms with E-state index in [4.69, 9.17) is 10.5 Å². The van der Waals surface area contributed by atoms with Gasteiger partial charge in [-0.15, -0.1) is 0 Å². The van der Waals surface area contributed by atoms with Gasteiger partial charge in [0.2, 0.25) is 5.91 Å². The maximum Gasteiger partial charge on any atom is 0.270 e. The first-order valence-corrected chi connectivity index (χ1v) is 8.59. The van der Waals surface area contributed by atoms with Gasteiger partial charge in [0, 0.05) is 26.6 Å². The van der Waals surface area contributed by atoms with E-state index in [1.54, 1.807) is 12.1 Å². The number of hydrazone groups is 1. The first kappa shape index (κ1) is 17.4. The summed E-state index contributed by atoms with van der Waals surface area (Å²) in [6.45, 7) is 2.03. The smallest absolute Gasteiger partial charge is 0.270 e. The molecule has 7 nitrogen and oxygen atoms in total. The fraction of sp³-hybridized carbons (Fsp3) is 0.500. The number of primary amides is 1. The van der Waals surface area contributed by atoms with E-state index in [-0.39, 0.29) is 12.3 Å². The molecule has 0 bridgehead atoms. The third-order valence-corrected chi connectivity index (χ3v) is 4.71. The van der Waals surface area contributed by atoms with Crippen LogP contribution in [0.4, 0.5) is 5.69 Å². The zero-order chi connectivity index (χ0) is 17.8. The molecule has 0 unspecified atom stereocenters. The lowest BCUT2D eigenvalue weighted by molar-refractivity contribution is -0.126. The van der Waals surface area contributed by atoms with Gasteiger partial charge in [-0.2, -0.15) is 5.10 Å². The molecule has 7 heteroatoms. The zero-order valence-corrected chi connectivity index (χ0v) is 14.4. The second-order valence-electron chi connectivity index (χ2n) is 6.56. The Bertz CT molecular complexity index is 660. The van der Waals surface area contributed by atoms with Crippen LogP contribution in [-0.4, -0.2) is 55.3 Å². The Balaban J connectivity index is 1.77. The molecule has 2 amide bonds. The number of piperidine rings is 1. The van der Waals surface area contributed by atoms with Gasteiger partial charge in [0.05, 0.1) is 12.3 Å². The number of methoxy groups -OCH3 is 1. The average Bonchev–Trinajstić information content (AvgIpc) is 3.08. The Morgan fingerprint density at radius 1 is 1.32 bits per heavy atom. The number of ether oxygens (including phenoxy) is 1. The molecule has 1 saturated heterocycles. The van der Waals surface area contributed by atoms with Crippen molar-refractivity contribution in [2.24, 2.45) is 16.8 Å². The molecule has 0 saturated carbocycles. The lowest BCUT2D eigenvalue weighted by atomic mass is 9.98. The van der Waals surface area contributed by atoms with E-state index < -0.39 is 11.9 Å². The number of carbonyl (C=O) groups excluding carboxylic acids is 2. The minimum absolute atomic E-state index is 0.106. The largest absolute Gasteiger partial charge is 0.384 e. The summed E-state index contributed by atoms with van der Waals surface area (Å²) in [7, 11) is 1.68. The summed E-state index contributed by atoms with van der Waals surface area (Å²) in [6.07, 6.45) is 2.26. The van der Waals surface area contributed by atoms with Crippen molar-refractivity contribution in [3.05, 3.63) is 30.3 Å². The predicted molar refractivity (Wildman–Crippen MR) is 95.1 cm³/mol. The van der Waals surface area contributed by atoms with E-state index in [9.17, 15) is 9.59 Å². The van der Waals surface area contributed by atoms with Gasteiger partial charge in [-0.3, -0.25) is 14.6 Å². The molecule has 2 aliphatic rings. The summed E-state index contributed by atoms with van der Waals surface area (Å²) in [5.74, 6) is -0.237. The minimum Gasteiger partial charge on any atom is -0.384 e. The molecule has 25 heavy (non-hydrogen) atoms. The first-order valence-electron chi connectivity index (χ1n) is 8.59. The van der Waals surface area contributed by atoms with Gasteiger partial charge >= 0.3 is 0 Å². The molecule has 1 fully saturated rings. The molecule has 3 rings (SSSR count).